The number of aromatic carboxylic acids is 1. The Bertz CT molecular complexity index is 578. The van der Waals surface area contributed by atoms with E-state index in [0.29, 0.717) is 12.3 Å². The Morgan fingerprint density at radius 3 is 3.00 bits per heavy atom. The number of carbonyl (C=O) groups is 1. The molecule has 5 heteroatoms. The van der Waals surface area contributed by atoms with Gasteiger partial charge in [-0.15, -0.1) is 11.3 Å². The van der Waals surface area contributed by atoms with Crippen molar-refractivity contribution < 1.29 is 14.3 Å². The SMILES string of the molecule is O=C(O)c1coc(CNCc2cc3c(s2)CCC3)c1. The van der Waals surface area contributed by atoms with Crippen molar-refractivity contribution in [2.45, 2.75) is 32.4 Å². The van der Waals surface area contributed by atoms with E-state index in [-0.39, 0.29) is 5.56 Å². The molecule has 2 aromatic rings. The lowest BCUT2D eigenvalue weighted by atomic mass is 10.2. The highest BCUT2D eigenvalue weighted by molar-refractivity contribution is 7.12. The first-order valence-electron chi connectivity index (χ1n) is 6.34. The normalized spacial score (nSPS) is 13.7. The molecule has 0 saturated carbocycles. The number of rotatable bonds is 5. The number of furan rings is 1. The van der Waals surface area contributed by atoms with Crippen molar-refractivity contribution in [2.24, 2.45) is 0 Å². The summed E-state index contributed by atoms with van der Waals surface area (Å²) in [6, 6.07) is 3.84. The second-order valence-electron chi connectivity index (χ2n) is 4.73. The topological polar surface area (TPSA) is 62.5 Å². The largest absolute Gasteiger partial charge is 0.478 e. The van der Waals surface area contributed by atoms with Gasteiger partial charge in [-0.2, -0.15) is 0 Å². The molecule has 0 radical (unpaired) electrons. The third kappa shape index (κ3) is 2.72. The molecule has 2 N–H and O–H groups in total. The summed E-state index contributed by atoms with van der Waals surface area (Å²) in [6.07, 6.45) is 5.00. The highest BCUT2D eigenvalue weighted by atomic mass is 32.1. The van der Waals surface area contributed by atoms with Gasteiger partial charge in [0.05, 0.1) is 12.1 Å². The van der Waals surface area contributed by atoms with E-state index in [4.69, 9.17) is 9.52 Å². The maximum Gasteiger partial charge on any atom is 0.338 e. The molecular formula is C14H15NO3S. The van der Waals surface area contributed by atoms with Crippen LogP contribution in [0.2, 0.25) is 0 Å². The van der Waals surface area contributed by atoms with Crippen LogP contribution < -0.4 is 5.32 Å². The second-order valence-corrected chi connectivity index (χ2v) is 5.95. The monoisotopic (exact) mass is 277 g/mol. The van der Waals surface area contributed by atoms with Crippen LogP contribution in [0.1, 0.15) is 37.9 Å². The molecule has 0 aliphatic heterocycles. The molecule has 19 heavy (non-hydrogen) atoms. The van der Waals surface area contributed by atoms with E-state index >= 15 is 0 Å². The third-order valence-corrected chi connectivity index (χ3v) is 4.53. The Labute approximate surface area is 115 Å². The van der Waals surface area contributed by atoms with Crippen LogP contribution in [0, 0.1) is 0 Å². The zero-order chi connectivity index (χ0) is 13.2. The second kappa shape index (κ2) is 5.19. The molecule has 1 aliphatic carbocycles. The van der Waals surface area contributed by atoms with Gasteiger partial charge in [-0.05, 0) is 37.0 Å². The summed E-state index contributed by atoms with van der Waals surface area (Å²) in [7, 11) is 0. The Balaban J connectivity index is 1.53. The molecular weight excluding hydrogens is 262 g/mol. The molecule has 1 aliphatic rings. The average molecular weight is 277 g/mol. The quantitative estimate of drug-likeness (QED) is 0.882. The van der Waals surface area contributed by atoms with Crippen LogP contribution >= 0.6 is 11.3 Å². The van der Waals surface area contributed by atoms with Crippen LogP contribution in [-0.4, -0.2) is 11.1 Å². The van der Waals surface area contributed by atoms with Crippen LogP contribution in [0.3, 0.4) is 0 Å². The van der Waals surface area contributed by atoms with Crippen molar-refractivity contribution >= 4 is 17.3 Å². The van der Waals surface area contributed by atoms with Gasteiger partial charge in [0.1, 0.15) is 12.0 Å². The molecule has 3 rings (SSSR count). The summed E-state index contributed by atoms with van der Waals surface area (Å²) in [5.74, 6) is -0.300. The van der Waals surface area contributed by atoms with Gasteiger partial charge in [-0.1, -0.05) is 0 Å². The summed E-state index contributed by atoms with van der Waals surface area (Å²) >= 11 is 1.88. The standard InChI is InChI=1S/C14H15NO3S/c16-14(17)10-4-11(18-8-10)6-15-7-12-5-9-2-1-3-13(9)19-12/h4-5,8,15H,1-3,6-7H2,(H,16,17). The van der Waals surface area contributed by atoms with Gasteiger partial charge in [-0.3, -0.25) is 0 Å². The summed E-state index contributed by atoms with van der Waals surface area (Å²) in [5.41, 5.74) is 1.71. The molecule has 0 fully saturated rings. The predicted molar refractivity (Wildman–Crippen MR) is 72.6 cm³/mol. The van der Waals surface area contributed by atoms with Crippen LogP contribution in [-0.2, 0) is 25.9 Å². The molecule has 100 valence electrons. The first-order valence-corrected chi connectivity index (χ1v) is 7.16. The third-order valence-electron chi connectivity index (χ3n) is 3.30. The first-order chi connectivity index (χ1) is 9.22. The van der Waals surface area contributed by atoms with E-state index in [2.05, 4.69) is 11.4 Å². The predicted octanol–water partition coefficient (Wildman–Crippen LogP) is 2.82. The average Bonchev–Trinajstić information content (AvgIpc) is 3.02. The molecule has 0 aromatic carbocycles. The van der Waals surface area contributed by atoms with Crippen LogP contribution in [0.5, 0.6) is 0 Å². The maximum atomic E-state index is 10.7. The Kier molecular flexibility index (Phi) is 3.40. The fourth-order valence-corrected chi connectivity index (χ4v) is 3.60. The minimum absolute atomic E-state index is 0.201. The van der Waals surface area contributed by atoms with E-state index in [1.165, 1.54) is 40.8 Å². The van der Waals surface area contributed by atoms with Gasteiger partial charge in [0, 0.05) is 16.3 Å². The number of aryl methyl sites for hydroxylation is 2. The molecule has 0 atom stereocenters. The van der Waals surface area contributed by atoms with Crippen molar-refractivity contribution in [3.8, 4) is 0 Å². The Morgan fingerprint density at radius 1 is 1.37 bits per heavy atom. The Morgan fingerprint density at radius 2 is 2.26 bits per heavy atom. The molecule has 0 unspecified atom stereocenters. The highest BCUT2D eigenvalue weighted by Crippen LogP contribution is 2.30. The smallest absolute Gasteiger partial charge is 0.338 e. The summed E-state index contributed by atoms with van der Waals surface area (Å²) in [6.45, 7) is 1.36. The zero-order valence-electron chi connectivity index (χ0n) is 10.4. The number of hydrogen-bond acceptors (Lipinski definition) is 4. The van der Waals surface area contributed by atoms with Crippen molar-refractivity contribution in [3.63, 3.8) is 0 Å². The van der Waals surface area contributed by atoms with Crippen LogP contribution in [0.4, 0.5) is 0 Å². The molecule has 4 nitrogen and oxygen atoms in total. The fraction of sp³-hybridized carbons (Fsp3) is 0.357. The molecule has 2 heterocycles. The van der Waals surface area contributed by atoms with Crippen LogP contribution in [0.25, 0.3) is 0 Å². The van der Waals surface area contributed by atoms with Crippen molar-refractivity contribution in [1.82, 2.24) is 5.32 Å². The maximum absolute atomic E-state index is 10.7. The van der Waals surface area contributed by atoms with E-state index in [9.17, 15) is 4.79 Å². The van der Waals surface area contributed by atoms with Crippen molar-refractivity contribution in [3.05, 3.63) is 45.0 Å². The summed E-state index contributed by atoms with van der Waals surface area (Å²) in [5, 5.41) is 12.1. The van der Waals surface area contributed by atoms with Crippen molar-refractivity contribution in [2.75, 3.05) is 0 Å². The lowest BCUT2D eigenvalue weighted by Crippen LogP contribution is -2.11. The summed E-state index contributed by atoms with van der Waals surface area (Å²) < 4.78 is 5.19. The number of carboxylic acids is 1. The van der Waals surface area contributed by atoms with E-state index in [1.54, 1.807) is 6.07 Å². The highest BCUT2D eigenvalue weighted by Gasteiger charge is 2.14. The number of thiophene rings is 1. The summed E-state index contributed by atoms with van der Waals surface area (Å²) in [4.78, 5) is 13.6. The molecule has 2 aromatic heterocycles. The van der Waals surface area contributed by atoms with Gasteiger partial charge in [0.2, 0.25) is 0 Å². The van der Waals surface area contributed by atoms with Crippen molar-refractivity contribution in [1.29, 1.82) is 0 Å². The van der Waals surface area contributed by atoms with E-state index < -0.39 is 5.97 Å². The lowest BCUT2D eigenvalue weighted by Gasteiger charge is -1.99. The first kappa shape index (κ1) is 12.4. The minimum atomic E-state index is -0.954. The molecule has 0 spiro atoms. The number of fused-ring (bicyclic) bond motifs is 1. The van der Waals surface area contributed by atoms with E-state index in [0.717, 1.165) is 6.54 Å². The molecule has 0 bridgehead atoms. The van der Waals surface area contributed by atoms with Gasteiger partial charge in [-0.25, -0.2) is 4.79 Å². The Hall–Kier alpha value is -1.59. The van der Waals surface area contributed by atoms with Gasteiger partial charge in [0.25, 0.3) is 0 Å². The van der Waals surface area contributed by atoms with E-state index in [1.807, 2.05) is 11.3 Å². The zero-order valence-corrected chi connectivity index (χ0v) is 11.3. The molecule has 0 amide bonds. The van der Waals surface area contributed by atoms with Gasteiger partial charge in [0.15, 0.2) is 0 Å². The molecule has 0 saturated heterocycles. The lowest BCUT2D eigenvalue weighted by molar-refractivity contribution is 0.0696. The van der Waals surface area contributed by atoms with Crippen LogP contribution in [0.15, 0.2) is 22.8 Å². The number of nitrogens with one attached hydrogen (secondary N) is 1. The number of hydrogen-bond donors (Lipinski definition) is 2. The fourth-order valence-electron chi connectivity index (χ4n) is 2.37. The van der Waals surface area contributed by atoms with Gasteiger partial charge >= 0.3 is 5.97 Å². The minimum Gasteiger partial charge on any atom is -0.478 e. The number of carboxylic acid groups (broad SMARTS) is 1. The van der Waals surface area contributed by atoms with Gasteiger partial charge < -0.3 is 14.8 Å².